The van der Waals surface area contributed by atoms with E-state index >= 15 is 0 Å². The normalized spacial score (nSPS) is 16.7. The van der Waals surface area contributed by atoms with E-state index < -0.39 is 15.8 Å². The van der Waals surface area contributed by atoms with Gasteiger partial charge in [-0.2, -0.15) is 0 Å². The van der Waals surface area contributed by atoms with Gasteiger partial charge in [-0.05, 0) is 44.2 Å². The number of amides is 1. The van der Waals surface area contributed by atoms with Crippen molar-refractivity contribution in [3.05, 3.63) is 30.1 Å². The number of carbonyl (C=O) groups is 1. The fourth-order valence-electron chi connectivity index (χ4n) is 2.41. The van der Waals surface area contributed by atoms with E-state index in [1.165, 1.54) is 12.1 Å². The van der Waals surface area contributed by atoms with E-state index in [4.69, 9.17) is 0 Å². The Kier molecular flexibility index (Phi) is 5.49. The van der Waals surface area contributed by atoms with E-state index in [2.05, 4.69) is 10.0 Å². The van der Waals surface area contributed by atoms with Gasteiger partial charge in [0.2, 0.25) is 15.9 Å². The highest BCUT2D eigenvalue weighted by molar-refractivity contribution is 7.89. The van der Waals surface area contributed by atoms with E-state index in [0.29, 0.717) is 25.9 Å². The summed E-state index contributed by atoms with van der Waals surface area (Å²) in [5.74, 6) is -0.461. The first kappa shape index (κ1) is 16.9. The molecule has 6 nitrogen and oxygen atoms in total. The predicted molar refractivity (Wildman–Crippen MR) is 80.3 cm³/mol. The first-order valence-corrected chi connectivity index (χ1v) is 8.61. The van der Waals surface area contributed by atoms with Crippen LogP contribution in [0.1, 0.15) is 12.8 Å². The minimum atomic E-state index is -3.66. The zero-order valence-corrected chi connectivity index (χ0v) is 13.2. The number of benzene rings is 1. The highest BCUT2D eigenvalue weighted by Crippen LogP contribution is 2.15. The lowest BCUT2D eigenvalue weighted by Gasteiger charge is -2.32. The van der Waals surface area contributed by atoms with E-state index in [0.717, 1.165) is 12.1 Å². The molecule has 122 valence electrons. The average molecular weight is 329 g/mol. The zero-order chi connectivity index (χ0) is 16.2. The van der Waals surface area contributed by atoms with Gasteiger partial charge in [0.1, 0.15) is 5.82 Å². The van der Waals surface area contributed by atoms with Gasteiger partial charge in [-0.3, -0.25) is 4.79 Å². The van der Waals surface area contributed by atoms with Gasteiger partial charge in [-0.15, -0.1) is 0 Å². The van der Waals surface area contributed by atoms with Crippen molar-refractivity contribution < 1.29 is 17.6 Å². The van der Waals surface area contributed by atoms with E-state index in [-0.39, 0.29) is 23.4 Å². The zero-order valence-electron chi connectivity index (χ0n) is 12.4. The third-order valence-electron chi connectivity index (χ3n) is 3.62. The van der Waals surface area contributed by atoms with Crippen molar-refractivity contribution in [1.29, 1.82) is 0 Å². The number of rotatable bonds is 5. The number of piperidine rings is 1. The van der Waals surface area contributed by atoms with Crippen LogP contribution in [0.5, 0.6) is 0 Å². The second-order valence-electron chi connectivity index (χ2n) is 5.26. The summed E-state index contributed by atoms with van der Waals surface area (Å²) in [7, 11) is -1.95. The fourth-order valence-corrected chi connectivity index (χ4v) is 3.72. The topological polar surface area (TPSA) is 78.5 Å². The van der Waals surface area contributed by atoms with Crippen LogP contribution in [0.2, 0.25) is 0 Å². The molecule has 0 spiro atoms. The molecule has 0 unspecified atom stereocenters. The smallest absolute Gasteiger partial charge is 0.240 e. The van der Waals surface area contributed by atoms with Crippen molar-refractivity contribution in [2.45, 2.75) is 23.8 Å². The molecule has 0 radical (unpaired) electrons. The molecule has 8 heteroatoms. The summed E-state index contributed by atoms with van der Waals surface area (Å²) in [6.07, 6.45) is 1.13. The minimum absolute atomic E-state index is 0.0161. The highest BCUT2D eigenvalue weighted by atomic mass is 32.2. The van der Waals surface area contributed by atoms with Gasteiger partial charge in [0.05, 0.1) is 11.4 Å². The predicted octanol–water partition coefficient (Wildman–Crippen LogP) is 0.314. The Bertz CT molecular complexity index is 611. The van der Waals surface area contributed by atoms with Crippen LogP contribution < -0.4 is 10.0 Å². The van der Waals surface area contributed by atoms with Gasteiger partial charge in [-0.25, -0.2) is 17.5 Å². The monoisotopic (exact) mass is 329 g/mol. The van der Waals surface area contributed by atoms with Crippen LogP contribution in [-0.4, -0.2) is 51.9 Å². The number of likely N-dealkylation sites (N-methyl/N-ethyl adjacent to an activating group) is 1. The molecule has 1 aromatic carbocycles. The van der Waals surface area contributed by atoms with E-state index in [1.807, 2.05) is 0 Å². The molecule has 0 aromatic heterocycles. The second-order valence-corrected chi connectivity index (χ2v) is 6.97. The minimum Gasteiger partial charge on any atom is -0.341 e. The third-order valence-corrected chi connectivity index (χ3v) is 5.16. The van der Waals surface area contributed by atoms with Crippen molar-refractivity contribution in [3.63, 3.8) is 0 Å². The maximum absolute atomic E-state index is 12.9. The number of nitrogens with one attached hydrogen (secondary N) is 2. The Morgan fingerprint density at radius 3 is 2.41 bits per heavy atom. The summed E-state index contributed by atoms with van der Waals surface area (Å²) in [4.78, 5) is 13.5. The molecule has 2 N–H and O–H groups in total. The molecular weight excluding hydrogens is 309 g/mol. The molecule has 0 aliphatic carbocycles. The van der Waals surface area contributed by atoms with Gasteiger partial charge in [0.15, 0.2) is 0 Å². The summed E-state index contributed by atoms with van der Waals surface area (Å²) >= 11 is 0. The van der Waals surface area contributed by atoms with Crippen molar-refractivity contribution in [2.24, 2.45) is 0 Å². The van der Waals surface area contributed by atoms with Crippen LogP contribution in [0.15, 0.2) is 29.2 Å². The second kappa shape index (κ2) is 7.17. The molecule has 1 fully saturated rings. The van der Waals surface area contributed by atoms with Crippen LogP contribution in [-0.2, 0) is 14.8 Å². The SMILES string of the molecule is CNCC(=O)N1CCC(NS(=O)(=O)c2ccc(F)cc2)CC1. The summed E-state index contributed by atoms with van der Waals surface area (Å²) < 4.78 is 39.9. The average Bonchev–Trinajstić information content (AvgIpc) is 2.48. The number of sulfonamides is 1. The molecule has 1 aromatic rings. The fraction of sp³-hybridized carbons (Fsp3) is 0.500. The maximum Gasteiger partial charge on any atom is 0.240 e. The Morgan fingerprint density at radius 1 is 1.27 bits per heavy atom. The summed E-state index contributed by atoms with van der Waals surface area (Å²) in [5.41, 5.74) is 0. The quantitative estimate of drug-likeness (QED) is 0.815. The van der Waals surface area contributed by atoms with Crippen LogP contribution in [0.25, 0.3) is 0 Å². The maximum atomic E-state index is 12.9. The number of likely N-dealkylation sites (tertiary alicyclic amines) is 1. The van der Waals surface area contributed by atoms with Crippen LogP contribution >= 0.6 is 0 Å². The molecule has 2 rings (SSSR count). The van der Waals surface area contributed by atoms with Gasteiger partial charge in [0.25, 0.3) is 0 Å². The van der Waals surface area contributed by atoms with Crippen molar-refractivity contribution in [3.8, 4) is 0 Å². The standard InChI is InChI=1S/C14H20FN3O3S/c1-16-10-14(19)18-8-6-12(7-9-18)17-22(20,21)13-4-2-11(15)3-5-13/h2-5,12,16-17H,6-10H2,1H3. The lowest BCUT2D eigenvalue weighted by molar-refractivity contribution is -0.131. The molecule has 1 aliphatic heterocycles. The molecule has 0 bridgehead atoms. The summed E-state index contributed by atoms with van der Waals surface area (Å²) in [5, 5.41) is 2.81. The Morgan fingerprint density at radius 2 is 1.86 bits per heavy atom. The largest absolute Gasteiger partial charge is 0.341 e. The molecular formula is C14H20FN3O3S. The van der Waals surface area contributed by atoms with E-state index in [1.54, 1.807) is 11.9 Å². The Labute approximate surface area is 129 Å². The molecule has 22 heavy (non-hydrogen) atoms. The van der Waals surface area contributed by atoms with Crippen molar-refractivity contribution in [1.82, 2.24) is 14.9 Å². The Hall–Kier alpha value is -1.51. The Balaban J connectivity index is 1.92. The lowest BCUT2D eigenvalue weighted by atomic mass is 10.1. The van der Waals surface area contributed by atoms with Gasteiger partial charge >= 0.3 is 0 Å². The lowest BCUT2D eigenvalue weighted by Crippen LogP contribution is -2.48. The molecule has 1 aliphatic rings. The van der Waals surface area contributed by atoms with E-state index in [9.17, 15) is 17.6 Å². The molecule has 1 heterocycles. The van der Waals surface area contributed by atoms with Gasteiger partial charge in [-0.1, -0.05) is 0 Å². The molecule has 1 amide bonds. The molecule has 1 saturated heterocycles. The third kappa shape index (κ3) is 4.25. The molecule has 0 atom stereocenters. The number of nitrogens with zero attached hydrogens (tertiary/aromatic N) is 1. The first-order valence-electron chi connectivity index (χ1n) is 7.12. The van der Waals surface area contributed by atoms with Crippen LogP contribution in [0, 0.1) is 5.82 Å². The number of hydrogen-bond donors (Lipinski definition) is 2. The molecule has 0 saturated carbocycles. The first-order chi connectivity index (χ1) is 10.4. The highest BCUT2D eigenvalue weighted by Gasteiger charge is 2.26. The summed E-state index contributed by atoms with van der Waals surface area (Å²) in [6, 6.07) is 4.50. The van der Waals surface area contributed by atoms with Crippen LogP contribution in [0.3, 0.4) is 0 Å². The number of halogens is 1. The summed E-state index contributed by atoms with van der Waals surface area (Å²) in [6.45, 7) is 1.33. The van der Waals surface area contributed by atoms with Crippen LogP contribution in [0.4, 0.5) is 4.39 Å². The van der Waals surface area contributed by atoms with Crippen molar-refractivity contribution >= 4 is 15.9 Å². The number of carbonyl (C=O) groups excluding carboxylic acids is 1. The van der Waals surface area contributed by atoms with Gasteiger partial charge < -0.3 is 10.2 Å². The number of hydrogen-bond acceptors (Lipinski definition) is 4. The van der Waals surface area contributed by atoms with Gasteiger partial charge in [0, 0.05) is 19.1 Å². The van der Waals surface area contributed by atoms with Crippen molar-refractivity contribution in [2.75, 3.05) is 26.7 Å².